The molecule has 0 radical (unpaired) electrons. The van der Waals surface area contributed by atoms with Crippen molar-refractivity contribution < 1.29 is 18.6 Å². The molecular formula is C28H28F2O2. The summed E-state index contributed by atoms with van der Waals surface area (Å²) in [7, 11) is 0. The second-order valence-electron chi connectivity index (χ2n) is 7.71. The molecule has 3 aromatic rings. The first-order valence-corrected chi connectivity index (χ1v) is 10.8. The lowest BCUT2D eigenvalue weighted by Crippen LogP contribution is -1.97. The number of aliphatic hydroxyl groups excluding tert-OH is 1. The highest BCUT2D eigenvalue weighted by Gasteiger charge is 2.13. The fourth-order valence-electron chi connectivity index (χ4n) is 3.40. The van der Waals surface area contributed by atoms with Gasteiger partial charge in [0.1, 0.15) is 12.4 Å². The van der Waals surface area contributed by atoms with E-state index in [9.17, 15) is 13.9 Å². The van der Waals surface area contributed by atoms with Crippen LogP contribution in [0.3, 0.4) is 0 Å². The molecule has 166 valence electrons. The maximum Gasteiger partial charge on any atom is 0.167 e. The molecule has 0 fully saturated rings. The van der Waals surface area contributed by atoms with Crippen molar-refractivity contribution in [1.82, 2.24) is 0 Å². The van der Waals surface area contributed by atoms with Crippen LogP contribution in [-0.4, -0.2) is 17.8 Å². The molecule has 0 bridgehead atoms. The van der Waals surface area contributed by atoms with Crippen LogP contribution in [0.4, 0.5) is 8.78 Å². The Morgan fingerprint density at radius 2 is 1.53 bits per heavy atom. The zero-order chi connectivity index (χ0) is 22.9. The predicted octanol–water partition coefficient (Wildman–Crippen LogP) is 7.43. The van der Waals surface area contributed by atoms with E-state index in [0.717, 1.165) is 23.3 Å². The minimum atomic E-state index is -0.854. The quantitative estimate of drug-likeness (QED) is 0.266. The molecule has 1 unspecified atom stereocenters. The molecule has 0 aliphatic heterocycles. The Morgan fingerprint density at radius 3 is 2.16 bits per heavy atom. The lowest BCUT2D eigenvalue weighted by Gasteiger charge is -2.09. The Labute approximate surface area is 188 Å². The van der Waals surface area contributed by atoms with E-state index in [2.05, 4.69) is 6.58 Å². The molecule has 4 heteroatoms. The number of hydrogen-bond acceptors (Lipinski definition) is 2. The van der Waals surface area contributed by atoms with Gasteiger partial charge in [0, 0.05) is 11.1 Å². The van der Waals surface area contributed by atoms with Crippen LogP contribution in [0.15, 0.2) is 79.4 Å². The highest BCUT2D eigenvalue weighted by atomic mass is 19.2. The average Bonchev–Trinajstić information content (AvgIpc) is 2.80. The van der Waals surface area contributed by atoms with Gasteiger partial charge in [-0.05, 0) is 55.0 Å². The number of benzene rings is 3. The first-order chi connectivity index (χ1) is 15.5. The molecule has 0 aliphatic rings. The Balaban J connectivity index is 1.72. The Kier molecular flexibility index (Phi) is 8.34. The van der Waals surface area contributed by atoms with Gasteiger partial charge in [-0.2, -0.15) is 0 Å². The van der Waals surface area contributed by atoms with Crippen molar-refractivity contribution in [2.45, 2.75) is 32.3 Å². The van der Waals surface area contributed by atoms with Crippen molar-refractivity contribution >= 4 is 6.08 Å². The van der Waals surface area contributed by atoms with E-state index < -0.39 is 11.6 Å². The van der Waals surface area contributed by atoms with Crippen LogP contribution in [0.2, 0.25) is 0 Å². The summed E-state index contributed by atoms with van der Waals surface area (Å²) in [4.78, 5) is 0. The number of halogens is 2. The van der Waals surface area contributed by atoms with E-state index in [1.165, 1.54) is 0 Å². The molecule has 2 nitrogen and oxygen atoms in total. The molecule has 0 amide bonds. The summed E-state index contributed by atoms with van der Waals surface area (Å²) in [5, 5.41) is 9.27. The van der Waals surface area contributed by atoms with Crippen molar-refractivity contribution in [2.75, 3.05) is 6.61 Å². The van der Waals surface area contributed by atoms with E-state index in [1.807, 2.05) is 42.5 Å². The van der Waals surface area contributed by atoms with Gasteiger partial charge in [0.05, 0.1) is 6.10 Å². The topological polar surface area (TPSA) is 29.5 Å². The van der Waals surface area contributed by atoms with Gasteiger partial charge >= 0.3 is 0 Å². The molecule has 0 spiro atoms. The maximum atomic E-state index is 14.7. The van der Waals surface area contributed by atoms with Crippen LogP contribution < -0.4 is 4.74 Å². The van der Waals surface area contributed by atoms with Crippen LogP contribution in [0.25, 0.3) is 28.3 Å². The SMILES string of the molecule is C=CCOc1ccc(-c2ccc(-c3ccc(C=CCCCC(C)O)c(F)c3F)cc2)cc1. The predicted molar refractivity (Wildman–Crippen MR) is 127 cm³/mol. The summed E-state index contributed by atoms with van der Waals surface area (Å²) < 4.78 is 34.8. The molecular weight excluding hydrogens is 406 g/mol. The van der Waals surface area contributed by atoms with Gasteiger partial charge in [-0.3, -0.25) is 0 Å². The van der Waals surface area contributed by atoms with Crippen molar-refractivity contribution in [1.29, 1.82) is 0 Å². The van der Waals surface area contributed by atoms with E-state index in [1.54, 1.807) is 43.3 Å². The summed E-state index contributed by atoms with van der Waals surface area (Å²) in [5.74, 6) is -0.944. The summed E-state index contributed by atoms with van der Waals surface area (Å²) in [5.41, 5.74) is 3.04. The van der Waals surface area contributed by atoms with E-state index >= 15 is 0 Å². The Bertz CT molecular complexity index is 1050. The monoisotopic (exact) mass is 434 g/mol. The van der Waals surface area contributed by atoms with E-state index in [4.69, 9.17) is 4.74 Å². The van der Waals surface area contributed by atoms with E-state index in [-0.39, 0.29) is 17.2 Å². The highest BCUT2D eigenvalue weighted by Crippen LogP contribution is 2.30. The third-order valence-corrected chi connectivity index (χ3v) is 5.15. The first kappa shape index (κ1) is 23.4. The van der Waals surface area contributed by atoms with Gasteiger partial charge in [-0.25, -0.2) is 8.78 Å². The summed E-state index contributed by atoms with van der Waals surface area (Å²) in [6, 6.07) is 18.2. The van der Waals surface area contributed by atoms with Gasteiger partial charge in [0.2, 0.25) is 0 Å². The summed E-state index contributed by atoms with van der Waals surface area (Å²) in [6.45, 7) is 5.82. The third-order valence-electron chi connectivity index (χ3n) is 5.15. The Morgan fingerprint density at radius 1 is 0.906 bits per heavy atom. The lowest BCUT2D eigenvalue weighted by atomic mass is 9.98. The van der Waals surface area contributed by atoms with Crippen molar-refractivity contribution in [3.8, 4) is 28.0 Å². The average molecular weight is 435 g/mol. The number of rotatable bonds is 10. The number of hydrogen-bond donors (Lipinski definition) is 1. The largest absolute Gasteiger partial charge is 0.490 e. The van der Waals surface area contributed by atoms with Gasteiger partial charge in [-0.15, -0.1) is 0 Å². The fourth-order valence-corrected chi connectivity index (χ4v) is 3.40. The van der Waals surface area contributed by atoms with Gasteiger partial charge in [0.15, 0.2) is 11.6 Å². The minimum absolute atomic E-state index is 0.221. The van der Waals surface area contributed by atoms with Crippen molar-refractivity contribution in [3.05, 3.63) is 96.6 Å². The molecule has 1 atom stereocenters. The van der Waals surface area contributed by atoms with Crippen molar-refractivity contribution in [3.63, 3.8) is 0 Å². The number of unbranched alkanes of at least 4 members (excludes halogenated alkanes) is 1. The molecule has 0 aliphatic carbocycles. The van der Waals surface area contributed by atoms with Gasteiger partial charge < -0.3 is 9.84 Å². The van der Waals surface area contributed by atoms with Crippen LogP contribution in [0, 0.1) is 11.6 Å². The molecule has 3 aromatic carbocycles. The highest BCUT2D eigenvalue weighted by molar-refractivity contribution is 5.72. The van der Waals surface area contributed by atoms with Crippen LogP contribution >= 0.6 is 0 Å². The molecule has 1 N–H and O–H groups in total. The van der Waals surface area contributed by atoms with E-state index in [0.29, 0.717) is 25.0 Å². The van der Waals surface area contributed by atoms with Gasteiger partial charge in [0.25, 0.3) is 0 Å². The fraction of sp³-hybridized carbons (Fsp3) is 0.214. The molecule has 0 aromatic heterocycles. The zero-order valence-corrected chi connectivity index (χ0v) is 18.2. The second-order valence-corrected chi connectivity index (χ2v) is 7.71. The third kappa shape index (κ3) is 6.14. The van der Waals surface area contributed by atoms with Crippen LogP contribution in [0.1, 0.15) is 31.7 Å². The van der Waals surface area contributed by atoms with Crippen molar-refractivity contribution in [2.24, 2.45) is 0 Å². The molecule has 0 heterocycles. The van der Waals surface area contributed by atoms with Crippen LogP contribution in [0.5, 0.6) is 5.75 Å². The first-order valence-electron chi connectivity index (χ1n) is 10.8. The van der Waals surface area contributed by atoms with Gasteiger partial charge in [-0.1, -0.05) is 73.3 Å². The van der Waals surface area contributed by atoms with Crippen LogP contribution in [-0.2, 0) is 0 Å². The number of ether oxygens (including phenoxy) is 1. The minimum Gasteiger partial charge on any atom is -0.490 e. The molecule has 0 saturated carbocycles. The normalized spacial score (nSPS) is 12.1. The molecule has 32 heavy (non-hydrogen) atoms. The summed E-state index contributed by atoms with van der Waals surface area (Å²) >= 11 is 0. The molecule has 3 rings (SSSR count). The maximum absolute atomic E-state index is 14.7. The summed E-state index contributed by atoms with van der Waals surface area (Å²) in [6.07, 6.45) is 6.93. The number of aliphatic hydroxyl groups is 1. The molecule has 0 saturated heterocycles. The zero-order valence-electron chi connectivity index (χ0n) is 18.2. The Hall–Kier alpha value is -3.24. The smallest absolute Gasteiger partial charge is 0.167 e. The number of allylic oxidation sites excluding steroid dienone is 1. The second kappa shape index (κ2) is 11.4. The standard InChI is InChI=1S/C28H28F2O2/c1-3-19-32-25-16-13-22(14-17-25)21-9-11-23(12-10-21)26-18-15-24(27(29)28(26)30)8-6-4-5-7-20(2)31/h3,6,8-18,20,31H,1,4-5,7,19H2,2H3. The lowest BCUT2D eigenvalue weighted by molar-refractivity contribution is 0.182.